The van der Waals surface area contributed by atoms with E-state index in [-0.39, 0.29) is 21.9 Å². The van der Waals surface area contributed by atoms with Gasteiger partial charge in [0.15, 0.2) is 5.13 Å². The number of thiazole rings is 1. The number of sulfonamides is 1. The SMILES string of the molecule is Br.O=S(=O)(c1ccc(-c2csc(Nc3ccc(Oc4ccccc4)cc3)n2)cc1)N1CCOCC1. The summed E-state index contributed by atoms with van der Waals surface area (Å²) in [6, 6.07) is 24.2. The molecule has 0 bridgehead atoms. The molecule has 7 nitrogen and oxygen atoms in total. The van der Waals surface area contributed by atoms with Crippen molar-refractivity contribution in [3.63, 3.8) is 0 Å². The molecule has 1 fully saturated rings. The summed E-state index contributed by atoms with van der Waals surface area (Å²) in [5.74, 6) is 1.54. The molecule has 1 N–H and O–H groups in total. The molecule has 3 aromatic carbocycles. The van der Waals surface area contributed by atoms with Crippen molar-refractivity contribution in [1.82, 2.24) is 9.29 Å². The molecule has 0 atom stereocenters. The van der Waals surface area contributed by atoms with Crippen LogP contribution in [0.3, 0.4) is 0 Å². The zero-order valence-corrected chi connectivity index (χ0v) is 22.0. The molecule has 5 rings (SSSR count). The summed E-state index contributed by atoms with van der Waals surface area (Å²) >= 11 is 1.48. The van der Waals surface area contributed by atoms with Crippen molar-refractivity contribution < 1.29 is 17.9 Å². The Morgan fingerprint density at radius 2 is 1.54 bits per heavy atom. The fourth-order valence-corrected chi connectivity index (χ4v) is 5.70. The molecule has 0 spiro atoms. The predicted octanol–water partition coefficient (Wildman–Crippen LogP) is 5.94. The normalized spacial score (nSPS) is 14.2. The van der Waals surface area contributed by atoms with E-state index < -0.39 is 10.0 Å². The summed E-state index contributed by atoms with van der Waals surface area (Å²) in [4.78, 5) is 4.93. The largest absolute Gasteiger partial charge is 0.457 e. The molecule has 0 aliphatic carbocycles. The third-order valence-electron chi connectivity index (χ3n) is 5.35. The topological polar surface area (TPSA) is 80.8 Å². The molecule has 0 unspecified atom stereocenters. The van der Waals surface area contributed by atoms with Crippen LogP contribution < -0.4 is 10.1 Å². The second-order valence-corrected chi connectivity index (χ2v) is 10.4. The Morgan fingerprint density at radius 3 is 2.23 bits per heavy atom. The van der Waals surface area contributed by atoms with E-state index in [0.717, 1.165) is 33.6 Å². The molecule has 0 amide bonds. The monoisotopic (exact) mass is 573 g/mol. The number of hydrogen-bond acceptors (Lipinski definition) is 7. The number of rotatable bonds is 7. The highest BCUT2D eigenvalue weighted by molar-refractivity contribution is 8.93. The molecule has 1 aliphatic heterocycles. The number of nitrogens with zero attached hydrogens (tertiary/aromatic N) is 2. The first-order valence-electron chi connectivity index (χ1n) is 10.8. The first-order valence-corrected chi connectivity index (χ1v) is 13.1. The molecule has 1 aliphatic rings. The molecule has 2 heterocycles. The van der Waals surface area contributed by atoms with Gasteiger partial charge in [-0.15, -0.1) is 28.3 Å². The lowest BCUT2D eigenvalue weighted by Gasteiger charge is -2.26. The lowest BCUT2D eigenvalue weighted by Crippen LogP contribution is -2.40. The van der Waals surface area contributed by atoms with E-state index in [2.05, 4.69) is 10.3 Å². The number of hydrogen-bond donors (Lipinski definition) is 1. The number of morpholine rings is 1. The molecule has 0 saturated carbocycles. The number of nitrogens with one attached hydrogen (secondary N) is 1. The zero-order valence-electron chi connectivity index (χ0n) is 18.7. The fraction of sp³-hybridized carbons (Fsp3) is 0.160. The fourth-order valence-electron chi connectivity index (χ4n) is 3.55. The summed E-state index contributed by atoms with van der Waals surface area (Å²) in [6.07, 6.45) is 0. The summed E-state index contributed by atoms with van der Waals surface area (Å²) in [7, 11) is -3.51. The van der Waals surface area contributed by atoms with Crippen LogP contribution in [0.5, 0.6) is 11.5 Å². The van der Waals surface area contributed by atoms with Gasteiger partial charge in [-0.1, -0.05) is 30.3 Å². The van der Waals surface area contributed by atoms with E-state index >= 15 is 0 Å². The van der Waals surface area contributed by atoms with Crippen LogP contribution in [0.2, 0.25) is 0 Å². The van der Waals surface area contributed by atoms with Gasteiger partial charge in [-0.3, -0.25) is 0 Å². The number of ether oxygens (including phenoxy) is 2. The smallest absolute Gasteiger partial charge is 0.243 e. The van der Waals surface area contributed by atoms with E-state index in [9.17, 15) is 8.42 Å². The van der Waals surface area contributed by atoms with Gasteiger partial charge < -0.3 is 14.8 Å². The maximum absolute atomic E-state index is 12.8. The first kappa shape index (κ1) is 25.3. The highest BCUT2D eigenvalue weighted by Crippen LogP contribution is 2.30. The van der Waals surface area contributed by atoms with Gasteiger partial charge in [0.25, 0.3) is 0 Å². The van der Waals surface area contributed by atoms with Gasteiger partial charge in [-0.05, 0) is 48.5 Å². The lowest BCUT2D eigenvalue weighted by molar-refractivity contribution is 0.0730. The van der Waals surface area contributed by atoms with E-state index in [4.69, 9.17) is 9.47 Å². The molecule has 1 aromatic heterocycles. The Balaban J connectivity index is 0.00000289. The maximum Gasteiger partial charge on any atom is 0.243 e. The standard InChI is InChI=1S/C25H23N3O4S2.BrH/c29-34(30,28-14-16-31-17-15-28)23-12-6-19(7-13-23)24-18-33-25(27-24)26-20-8-10-22(11-9-20)32-21-4-2-1-3-5-21;/h1-13,18H,14-17H2,(H,26,27);1H. The molecule has 10 heteroatoms. The van der Waals surface area contributed by atoms with Crippen molar-refractivity contribution in [2.45, 2.75) is 4.90 Å². The van der Waals surface area contributed by atoms with Crippen molar-refractivity contribution in [3.05, 3.63) is 84.2 Å². The number of anilines is 2. The van der Waals surface area contributed by atoms with Gasteiger partial charge in [-0.25, -0.2) is 13.4 Å². The van der Waals surface area contributed by atoms with Crippen LogP contribution in [0.15, 0.2) is 89.1 Å². The van der Waals surface area contributed by atoms with Gasteiger partial charge in [0, 0.05) is 29.7 Å². The summed E-state index contributed by atoms with van der Waals surface area (Å²) < 4.78 is 38.2. The third kappa shape index (κ3) is 6.09. The minimum Gasteiger partial charge on any atom is -0.457 e. The van der Waals surface area contributed by atoms with Crippen molar-refractivity contribution in [3.8, 4) is 22.8 Å². The molecule has 1 saturated heterocycles. The second-order valence-electron chi connectivity index (χ2n) is 7.64. The van der Waals surface area contributed by atoms with Crippen LogP contribution in [-0.4, -0.2) is 44.0 Å². The average molecular weight is 575 g/mol. The zero-order chi connectivity index (χ0) is 23.4. The number of benzene rings is 3. The molecule has 182 valence electrons. The van der Waals surface area contributed by atoms with Gasteiger partial charge in [-0.2, -0.15) is 4.31 Å². The van der Waals surface area contributed by atoms with E-state index in [1.807, 2.05) is 60.0 Å². The van der Waals surface area contributed by atoms with E-state index in [1.165, 1.54) is 15.6 Å². The van der Waals surface area contributed by atoms with Crippen molar-refractivity contribution in [2.24, 2.45) is 0 Å². The van der Waals surface area contributed by atoms with E-state index in [0.29, 0.717) is 26.3 Å². The number of aromatic nitrogens is 1. The number of halogens is 1. The lowest BCUT2D eigenvalue weighted by atomic mass is 10.2. The van der Waals surface area contributed by atoms with Crippen molar-refractivity contribution in [2.75, 3.05) is 31.6 Å². The van der Waals surface area contributed by atoms with Crippen molar-refractivity contribution in [1.29, 1.82) is 0 Å². The summed E-state index contributed by atoms with van der Waals surface area (Å²) in [6.45, 7) is 1.61. The minimum absolute atomic E-state index is 0. The second kappa shape index (κ2) is 11.3. The minimum atomic E-state index is -3.51. The van der Waals surface area contributed by atoms with Crippen LogP contribution in [0.25, 0.3) is 11.3 Å². The predicted molar refractivity (Wildman–Crippen MR) is 144 cm³/mol. The molecular formula is C25H24BrN3O4S2. The van der Waals surface area contributed by atoms with E-state index in [1.54, 1.807) is 24.3 Å². The third-order valence-corrected chi connectivity index (χ3v) is 8.02. The Bertz CT molecular complexity index is 1340. The summed E-state index contributed by atoms with van der Waals surface area (Å²) in [5, 5.41) is 5.99. The maximum atomic E-state index is 12.8. The van der Waals surface area contributed by atoms with Gasteiger partial charge in [0.2, 0.25) is 10.0 Å². The van der Waals surface area contributed by atoms with Crippen LogP contribution in [0.1, 0.15) is 0 Å². The average Bonchev–Trinajstić information content (AvgIpc) is 3.35. The van der Waals surface area contributed by atoms with Crippen LogP contribution >= 0.6 is 28.3 Å². The molecule has 4 aromatic rings. The highest BCUT2D eigenvalue weighted by Gasteiger charge is 2.26. The van der Waals surface area contributed by atoms with Crippen LogP contribution in [-0.2, 0) is 14.8 Å². The van der Waals surface area contributed by atoms with Crippen LogP contribution in [0, 0.1) is 0 Å². The Labute approximate surface area is 219 Å². The van der Waals surface area contributed by atoms with Crippen molar-refractivity contribution >= 4 is 49.2 Å². The Morgan fingerprint density at radius 1 is 0.886 bits per heavy atom. The molecular weight excluding hydrogens is 550 g/mol. The van der Waals surface area contributed by atoms with Gasteiger partial charge >= 0.3 is 0 Å². The van der Waals surface area contributed by atoms with Gasteiger partial charge in [0.1, 0.15) is 11.5 Å². The highest BCUT2D eigenvalue weighted by atomic mass is 79.9. The van der Waals surface area contributed by atoms with Crippen LogP contribution in [0.4, 0.5) is 10.8 Å². The van der Waals surface area contributed by atoms with Gasteiger partial charge in [0.05, 0.1) is 23.8 Å². The molecule has 35 heavy (non-hydrogen) atoms. The number of para-hydroxylation sites is 1. The quantitative estimate of drug-likeness (QED) is 0.294. The molecule has 0 radical (unpaired) electrons. The first-order chi connectivity index (χ1) is 16.6. The Kier molecular flexibility index (Phi) is 8.19. The summed E-state index contributed by atoms with van der Waals surface area (Å²) in [5.41, 5.74) is 2.54. The Hall–Kier alpha value is -2.76.